The average molecular weight is 219 g/mol. The highest BCUT2D eigenvalue weighted by atomic mass is 15.2. The largest absolute Gasteiger partial charge is 0.327 e. The van der Waals surface area contributed by atoms with Crippen molar-refractivity contribution in [2.24, 2.45) is 0 Å². The number of imidazole rings is 1. The van der Waals surface area contributed by atoms with Crippen molar-refractivity contribution in [1.82, 2.24) is 24.7 Å². The van der Waals surface area contributed by atoms with Gasteiger partial charge in [-0.2, -0.15) is 5.10 Å². The monoisotopic (exact) mass is 219 g/mol. The lowest BCUT2D eigenvalue weighted by atomic mass is 10.3. The lowest BCUT2D eigenvalue weighted by Crippen LogP contribution is -2.05. The van der Waals surface area contributed by atoms with E-state index in [1.165, 1.54) is 0 Å². The minimum atomic E-state index is 0.725. The van der Waals surface area contributed by atoms with Gasteiger partial charge in [-0.15, -0.1) is 0 Å². The van der Waals surface area contributed by atoms with Gasteiger partial charge in [0.05, 0.1) is 6.54 Å². The molecular formula is C11H17N5. The molecule has 0 aliphatic carbocycles. The molecule has 0 aromatic carbocycles. The van der Waals surface area contributed by atoms with Crippen molar-refractivity contribution in [3.63, 3.8) is 0 Å². The number of H-pyrrole nitrogens is 1. The molecule has 0 unspecified atom stereocenters. The number of hydrogen-bond acceptors (Lipinski definition) is 3. The van der Waals surface area contributed by atoms with Crippen LogP contribution in [0.25, 0.3) is 0 Å². The van der Waals surface area contributed by atoms with Crippen LogP contribution >= 0.6 is 0 Å². The Kier molecular flexibility index (Phi) is 3.34. The Morgan fingerprint density at radius 1 is 1.38 bits per heavy atom. The molecule has 0 aliphatic rings. The van der Waals surface area contributed by atoms with Gasteiger partial charge in [0.25, 0.3) is 0 Å². The van der Waals surface area contributed by atoms with Crippen LogP contribution < -0.4 is 0 Å². The highest BCUT2D eigenvalue weighted by Crippen LogP contribution is 2.04. The summed E-state index contributed by atoms with van der Waals surface area (Å²) < 4.78 is 2.11. The summed E-state index contributed by atoms with van der Waals surface area (Å²) in [6.45, 7) is 4.93. The van der Waals surface area contributed by atoms with E-state index in [9.17, 15) is 0 Å². The first-order valence-electron chi connectivity index (χ1n) is 5.73. The first-order chi connectivity index (χ1) is 7.83. The van der Waals surface area contributed by atoms with Gasteiger partial charge in [-0.05, 0) is 6.42 Å². The van der Waals surface area contributed by atoms with E-state index in [1.54, 1.807) is 0 Å². The minimum absolute atomic E-state index is 0.725. The summed E-state index contributed by atoms with van der Waals surface area (Å²) in [6, 6.07) is 0. The van der Waals surface area contributed by atoms with Gasteiger partial charge >= 0.3 is 0 Å². The van der Waals surface area contributed by atoms with Gasteiger partial charge in [0.15, 0.2) is 5.82 Å². The van der Waals surface area contributed by atoms with Crippen LogP contribution in [0.1, 0.15) is 37.7 Å². The van der Waals surface area contributed by atoms with E-state index in [-0.39, 0.29) is 0 Å². The molecule has 16 heavy (non-hydrogen) atoms. The smallest absolute Gasteiger partial charge is 0.150 e. The summed E-state index contributed by atoms with van der Waals surface area (Å²) in [4.78, 5) is 8.72. The van der Waals surface area contributed by atoms with Crippen LogP contribution in [0.2, 0.25) is 0 Å². The summed E-state index contributed by atoms with van der Waals surface area (Å²) in [5.41, 5.74) is 0. The van der Waals surface area contributed by atoms with E-state index in [0.29, 0.717) is 0 Å². The van der Waals surface area contributed by atoms with E-state index in [0.717, 1.165) is 43.3 Å². The van der Waals surface area contributed by atoms with E-state index in [2.05, 4.69) is 31.7 Å². The van der Waals surface area contributed by atoms with Crippen molar-refractivity contribution in [3.8, 4) is 0 Å². The summed E-state index contributed by atoms with van der Waals surface area (Å²) in [5, 5.41) is 7.08. The minimum Gasteiger partial charge on any atom is -0.327 e. The second-order valence-corrected chi connectivity index (χ2v) is 3.77. The molecule has 0 saturated heterocycles. The molecule has 2 aromatic heterocycles. The fourth-order valence-corrected chi connectivity index (χ4v) is 1.66. The van der Waals surface area contributed by atoms with E-state index >= 15 is 0 Å². The lowest BCUT2D eigenvalue weighted by Gasteiger charge is -2.03. The van der Waals surface area contributed by atoms with Crippen molar-refractivity contribution >= 4 is 0 Å². The molecule has 0 bridgehead atoms. The number of hydrogen-bond donors (Lipinski definition) is 1. The zero-order chi connectivity index (χ0) is 11.4. The molecule has 0 aliphatic heterocycles. The zero-order valence-electron chi connectivity index (χ0n) is 9.77. The Bertz CT molecular complexity index is 443. The van der Waals surface area contributed by atoms with Crippen molar-refractivity contribution in [2.75, 3.05) is 0 Å². The van der Waals surface area contributed by atoms with Gasteiger partial charge in [0.1, 0.15) is 11.6 Å². The van der Waals surface area contributed by atoms with Gasteiger partial charge < -0.3 is 4.57 Å². The molecule has 0 amide bonds. The number of aromatic nitrogens is 5. The molecule has 0 atom stereocenters. The quantitative estimate of drug-likeness (QED) is 0.830. The van der Waals surface area contributed by atoms with Crippen LogP contribution in [-0.2, 0) is 19.4 Å². The van der Waals surface area contributed by atoms with Crippen LogP contribution in [0, 0.1) is 0 Å². The summed E-state index contributed by atoms with van der Waals surface area (Å²) in [7, 11) is 0. The first-order valence-corrected chi connectivity index (χ1v) is 5.73. The van der Waals surface area contributed by atoms with Gasteiger partial charge in [0, 0.05) is 25.2 Å². The second kappa shape index (κ2) is 4.92. The molecule has 2 aromatic rings. The van der Waals surface area contributed by atoms with Gasteiger partial charge in [-0.3, -0.25) is 5.10 Å². The van der Waals surface area contributed by atoms with Crippen molar-refractivity contribution in [3.05, 3.63) is 29.9 Å². The molecule has 0 fully saturated rings. The maximum absolute atomic E-state index is 4.39. The first kappa shape index (κ1) is 10.9. The van der Waals surface area contributed by atoms with Crippen LogP contribution in [-0.4, -0.2) is 24.7 Å². The SMILES string of the molecule is CCCc1nccn1Cc1nc(CC)n[nH]1. The molecule has 1 N–H and O–H groups in total. The Morgan fingerprint density at radius 2 is 2.25 bits per heavy atom. The molecule has 0 saturated carbocycles. The number of nitrogens with one attached hydrogen (secondary N) is 1. The predicted octanol–water partition coefficient (Wildman–Crippen LogP) is 1.56. The van der Waals surface area contributed by atoms with Gasteiger partial charge in [-0.1, -0.05) is 13.8 Å². The van der Waals surface area contributed by atoms with E-state index < -0.39 is 0 Å². The Labute approximate surface area is 94.9 Å². The fourth-order valence-electron chi connectivity index (χ4n) is 1.66. The topological polar surface area (TPSA) is 59.4 Å². The standard InChI is InChI=1S/C11H17N5/c1-3-5-11-12-6-7-16(11)8-10-13-9(4-2)14-15-10/h6-7H,3-5,8H2,1-2H3,(H,13,14,15). The molecule has 86 valence electrons. The molecule has 2 heterocycles. The zero-order valence-corrected chi connectivity index (χ0v) is 9.77. The second-order valence-electron chi connectivity index (χ2n) is 3.77. The molecule has 5 nitrogen and oxygen atoms in total. The Morgan fingerprint density at radius 3 is 2.94 bits per heavy atom. The number of aromatic amines is 1. The van der Waals surface area contributed by atoms with Crippen molar-refractivity contribution < 1.29 is 0 Å². The Hall–Kier alpha value is -1.65. The third-order valence-electron chi connectivity index (χ3n) is 2.49. The fraction of sp³-hybridized carbons (Fsp3) is 0.545. The average Bonchev–Trinajstić information content (AvgIpc) is 2.90. The highest BCUT2D eigenvalue weighted by Gasteiger charge is 2.05. The molecule has 0 radical (unpaired) electrons. The van der Waals surface area contributed by atoms with E-state index in [1.807, 2.05) is 19.3 Å². The molecule has 2 rings (SSSR count). The van der Waals surface area contributed by atoms with Gasteiger partial charge in [0.2, 0.25) is 0 Å². The van der Waals surface area contributed by atoms with Gasteiger partial charge in [-0.25, -0.2) is 9.97 Å². The number of rotatable bonds is 5. The molecular weight excluding hydrogens is 202 g/mol. The van der Waals surface area contributed by atoms with Crippen LogP contribution in [0.3, 0.4) is 0 Å². The number of aryl methyl sites for hydroxylation is 2. The third kappa shape index (κ3) is 2.29. The normalized spacial score (nSPS) is 10.9. The third-order valence-corrected chi connectivity index (χ3v) is 2.49. The highest BCUT2D eigenvalue weighted by molar-refractivity contribution is 4.98. The van der Waals surface area contributed by atoms with Crippen molar-refractivity contribution in [2.45, 2.75) is 39.7 Å². The maximum atomic E-state index is 4.39. The van der Waals surface area contributed by atoms with Crippen molar-refractivity contribution in [1.29, 1.82) is 0 Å². The van der Waals surface area contributed by atoms with E-state index in [4.69, 9.17) is 0 Å². The predicted molar refractivity (Wildman–Crippen MR) is 61.1 cm³/mol. The van der Waals surface area contributed by atoms with Crippen LogP contribution in [0.4, 0.5) is 0 Å². The summed E-state index contributed by atoms with van der Waals surface area (Å²) in [6.07, 6.45) is 6.79. The molecule has 0 spiro atoms. The van der Waals surface area contributed by atoms with Crippen LogP contribution in [0.15, 0.2) is 12.4 Å². The van der Waals surface area contributed by atoms with Crippen LogP contribution in [0.5, 0.6) is 0 Å². The molecule has 5 heteroatoms. The number of nitrogens with zero attached hydrogens (tertiary/aromatic N) is 4. The summed E-state index contributed by atoms with van der Waals surface area (Å²) >= 11 is 0. The maximum Gasteiger partial charge on any atom is 0.150 e. The lowest BCUT2D eigenvalue weighted by molar-refractivity contribution is 0.679. The summed E-state index contributed by atoms with van der Waals surface area (Å²) in [5.74, 6) is 2.87. The Balaban J connectivity index is 2.10.